The Kier molecular flexibility index (Phi) is 3.46. The molecule has 0 aliphatic heterocycles. The van der Waals surface area contributed by atoms with Gasteiger partial charge in [0.15, 0.2) is 0 Å². The van der Waals surface area contributed by atoms with E-state index in [4.69, 9.17) is 0 Å². The highest BCUT2D eigenvalue weighted by Crippen LogP contribution is 2.19. The van der Waals surface area contributed by atoms with Crippen molar-refractivity contribution in [3.05, 3.63) is 40.6 Å². The van der Waals surface area contributed by atoms with Crippen LogP contribution in [0.25, 0.3) is 0 Å². The molecule has 1 N–H and O–H groups in total. The van der Waals surface area contributed by atoms with Crippen molar-refractivity contribution in [1.29, 1.82) is 0 Å². The van der Waals surface area contributed by atoms with E-state index in [9.17, 15) is 10.1 Å². The molecule has 2 aromatic heterocycles. The highest BCUT2D eigenvalue weighted by Gasteiger charge is 2.13. The lowest BCUT2D eigenvalue weighted by atomic mass is 10.3. The molecule has 0 spiro atoms. The molecule has 2 heterocycles. The third-order valence-electron chi connectivity index (χ3n) is 2.43. The summed E-state index contributed by atoms with van der Waals surface area (Å²) in [6, 6.07) is 2.95. The lowest BCUT2D eigenvalue weighted by Gasteiger charge is -2.05. The Morgan fingerprint density at radius 2 is 2.39 bits per heavy atom. The largest absolute Gasteiger partial charge is 0.364 e. The lowest BCUT2D eigenvalue weighted by Crippen LogP contribution is -2.10. The van der Waals surface area contributed by atoms with Crippen molar-refractivity contribution >= 4 is 11.5 Å². The number of nitrogens with one attached hydrogen (secondary N) is 1. The molecule has 0 atom stereocenters. The molecule has 0 unspecified atom stereocenters. The van der Waals surface area contributed by atoms with E-state index >= 15 is 0 Å². The Hall–Kier alpha value is -2.51. The van der Waals surface area contributed by atoms with Crippen LogP contribution >= 0.6 is 0 Å². The van der Waals surface area contributed by atoms with Gasteiger partial charge in [0.2, 0.25) is 5.82 Å². The number of hydrogen-bond acceptors (Lipinski definition) is 6. The van der Waals surface area contributed by atoms with Crippen LogP contribution in [0.15, 0.2) is 24.7 Å². The summed E-state index contributed by atoms with van der Waals surface area (Å²) in [5.74, 6) is 1.07. The number of hydrogen-bond donors (Lipinski definition) is 1. The molecule has 8 nitrogen and oxygen atoms in total. The van der Waals surface area contributed by atoms with Crippen LogP contribution in [0.1, 0.15) is 5.82 Å². The molecular formula is C10H12N6O2. The van der Waals surface area contributed by atoms with Crippen LogP contribution in [0.3, 0.4) is 0 Å². The number of rotatable bonds is 5. The summed E-state index contributed by atoms with van der Waals surface area (Å²) in [5, 5.41) is 21.4. The molecule has 0 bridgehead atoms. The van der Waals surface area contributed by atoms with E-state index in [1.807, 2.05) is 7.05 Å². The van der Waals surface area contributed by atoms with Crippen molar-refractivity contribution in [2.24, 2.45) is 7.05 Å². The fourth-order valence-corrected chi connectivity index (χ4v) is 1.51. The number of aryl methyl sites for hydroxylation is 1. The first-order valence-corrected chi connectivity index (χ1v) is 5.34. The van der Waals surface area contributed by atoms with Gasteiger partial charge in [0.25, 0.3) is 0 Å². The molecule has 8 heteroatoms. The van der Waals surface area contributed by atoms with Gasteiger partial charge in [0.1, 0.15) is 12.2 Å². The highest BCUT2D eigenvalue weighted by molar-refractivity contribution is 5.54. The topological polar surface area (TPSA) is 98.8 Å². The summed E-state index contributed by atoms with van der Waals surface area (Å²) in [6.07, 6.45) is 3.74. The predicted octanol–water partition coefficient (Wildman–Crippen LogP) is 0.773. The predicted molar refractivity (Wildman–Crippen MR) is 64.1 cm³/mol. The van der Waals surface area contributed by atoms with Crippen molar-refractivity contribution in [3.8, 4) is 0 Å². The van der Waals surface area contributed by atoms with Crippen LogP contribution in [0, 0.1) is 10.1 Å². The minimum absolute atomic E-state index is 0.0320. The smallest absolute Gasteiger partial charge is 0.311 e. The zero-order chi connectivity index (χ0) is 13.0. The van der Waals surface area contributed by atoms with Gasteiger partial charge < -0.3 is 9.88 Å². The average Bonchev–Trinajstić information content (AvgIpc) is 2.76. The molecule has 18 heavy (non-hydrogen) atoms. The van der Waals surface area contributed by atoms with Crippen molar-refractivity contribution < 1.29 is 4.92 Å². The molecule has 0 radical (unpaired) electrons. The standard InChI is InChI=1S/C10H12N6O2/c1-15-7-13-14-9(15)4-6-12-10-8(16(17)18)3-2-5-11-10/h2-3,5,7H,4,6H2,1H3,(H,11,12). The molecule has 0 amide bonds. The molecule has 2 aromatic rings. The normalized spacial score (nSPS) is 10.3. The minimum atomic E-state index is -0.461. The summed E-state index contributed by atoms with van der Waals surface area (Å²) in [4.78, 5) is 14.3. The monoisotopic (exact) mass is 248 g/mol. The third kappa shape index (κ3) is 2.59. The SMILES string of the molecule is Cn1cnnc1CCNc1ncccc1[N+](=O)[O-]. The van der Waals surface area contributed by atoms with Gasteiger partial charge in [0.05, 0.1) is 4.92 Å². The summed E-state index contributed by atoms with van der Waals surface area (Å²) >= 11 is 0. The van der Waals surface area contributed by atoms with Crippen LogP contribution < -0.4 is 5.32 Å². The molecule has 0 saturated heterocycles. The van der Waals surface area contributed by atoms with Gasteiger partial charge in [0, 0.05) is 32.3 Å². The third-order valence-corrected chi connectivity index (χ3v) is 2.43. The van der Waals surface area contributed by atoms with E-state index in [2.05, 4.69) is 20.5 Å². The summed E-state index contributed by atoms with van der Waals surface area (Å²) in [6.45, 7) is 0.504. The summed E-state index contributed by atoms with van der Waals surface area (Å²) in [7, 11) is 1.85. The van der Waals surface area contributed by atoms with Crippen molar-refractivity contribution in [2.45, 2.75) is 6.42 Å². The van der Waals surface area contributed by atoms with Crippen LogP contribution in [-0.2, 0) is 13.5 Å². The first-order chi connectivity index (χ1) is 8.68. The molecule has 0 aromatic carbocycles. The maximum Gasteiger partial charge on any atom is 0.311 e. The van der Waals surface area contributed by atoms with Gasteiger partial charge in [-0.05, 0) is 6.07 Å². The van der Waals surface area contributed by atoms with Crippen LogP contribution in [0.4, 0.5) is 11.5 Å². The molecule has 0 aliphatic rings. The quantitative estimate of drug-likeness (QED) is 0.620. The average molecular weight is 248 g/mol. The second-order valence-electron chi connectivity index (χ2n) is 3.66. The molecule has 0 aliphatic carbocycles. The van der Waals surface area contributed by atoms with Crippen LogP contribution in [0.2, 0.25) is 0 Å². The zero-order valence-corrected chi connectivity index (χ0v) is 9.78. The Bertz CT molecular complexity index is 553. The number of aromatic nitrogens is 4. The number of nitro groups is 1. The first-order valence-electron chi connectivity index (χ1n) is 5.34. The first kappa shape index (κ1) is 12.0. The zero-order valence-electron chi connectivity index (χ0n) is 9.78. The van der Waals surface area contributed by atoms with Gasteiger partial charge in [-0.15, -0.1) is 10.2 Å². The van der Waals surface area contributed by atoms with Crippen molar-refractivity contribution in [1.82, 2.24) is 19.7 Å². The Morgan fingerprint density at radius 3 is 3.06 bits per heavy atom. The van der Waals surface area contributed by atoms with Gasteiger partial charge in [-0.1, -0.05) is 0 Å². The van der Waals surface area contributed by atoms with Crippen LogP contribution in [-0.4, -0.2) is 31.2 Å². The number of pyridine rings is 1. The molecule has 0 fully saturated rings. The molecule has 94 valence electrons. The molecule has 0 saturated carbocycles. The minimum Gasteiger partial charge on any atom is -0.364 e. The number of anilines is 1. The van der Waals surface area contributed by atoms with Crippen LogP contribution in [0.5, 0.6) is 0 Å². The van der Waals surface area contributed by atoms with Gasteiger partial charge in [-0.3, -0.25) is 10.1 Å². The van der Waals surface area contributed by atoms with Crippen molar-refractivity contribution in [3.63, 3.8) is 0 Å². The van der Waals surface area contributed by atoms with E-state index in [0.29, 0.717) is 13.0 Å². The number of nitrogens with zero attached hydrogens (tertiary/aromatic N) is 5. The highest BCUT2D eigenvalue weighted by atomic mass is 16.6. The Balaban J connectivity index is 1.99. The van der Waals surface area contributed by atoms with Crippen molar-refractivity contribution in [2.75, 3.05) is 11.9 Å². The second-order valence-corrected chi connectivity index (χ2v) is 3.66. The lowest BCUT2D eigenvalue weighted by molar-refractivity contribution is -0.384. The van der Waals surface area contributed by atoms with E-state index in [1.165, 1.54) is 18.3 Å². The fourth-order valence-electron chi connectivity index (χ4n) is 1.51. The summed E-state index contributed by atoms with van der Waals surface area (Å²) in [5.41, 5.74) is -0.0320. The maximum absolute atomic E-state index is 10.8. The van der Waals surface area contributed by atoms with E-state index in [-0.39, 0.29) is 11.5 Å². The van der Waals surface area contributed by atoms with Gasteiger partial charge in [-0.2, -0.15) is 0 Å². The van der Waals surface area contributed by atoms with Gasteiger partial charge >= 0.3 is 5.69 Å². The molecule has 2 rings (SSSR count). The maximum atomic E-state index is 10.8. The fraction of sp³-hybridized carbons (Fsp3) is 0.300. The Labute approximate surface area is 103 Å². The Morgan fingerprint density at radius 1 is 1.56 bits per heavy atom. The van der Waals surface area contributed by atoms with E-state index in [0.717, 1.165) is 5.82 Å². The van der Waals surface area contributed by atoms with E-state index < -0.39 is 4.92 Å². The second kappa shape index (κ2) is 5.21. The van der Waals surface area contributed by atoms with E-state index in [1.54, 1.807) is 10.9 Å². The van der Waals surface area contributed by atoms with Gasteiger partial charge in [-0.25, -0.2) is 4.98 Å². The summed E-state index contributed by atoms with van der Waals surface area (Å²) < 4.78 is 1.80. The molecular weight excluding hydrogens is 236 g/mol.